The zero-order valence-electron chi connectivity index (χ0n) is 12.6. The number of piperazine rings is 1. The molecule has 1 aromatic carbocycles. The Balaban J connectivity index is 1.86. The minimum Gasteiger partial charge on any atom is -0.365 e. The summed E-state index contributed by atoms with van der Waals surface area (Å²) in [6.07, 6.45) is 5.41. The lowest BCUT2D eigenvalue weighted by molar-refractivity contribution is 0.111. The van der Waals surface area contributed by atoms with E-state index in [0.29, 0.717) is 6.04 Å². The number of fused-ring (bicyclic) bond motifs is 1. The number of hydrogen-bond acceptors (Lipinski definition) is 2. The average molecular weight is 337 g/mol. The molecule has 0 saturated carbocycles. The van der Waals surface area contributed by atoms with Crippen LogP contribution in [-0.2, 0) is 0 Å². The number of anilines is 1. The highest BCUT2D eigenvalue weighted by atomic mass is 79.9. The monoisotopic (exact) mass is 336 g/mol. The third-order valence-corrected chi connectivity index (χ3v) is 5.48. The Hall–Kier alpha value is -0.540. The van der Waals surface area contributed by atoms with Gasteiger partial charge in [0.05, 0.1) is 0 Å². The fourth-order valence-electron chi connectivity index (χ4n) is 3.84. The number of hydrogen-bond donors (Lipinski definition) is 0. The molecule has 2 unspecified atom stereocenters. The van der Waals surface area contributed by atoms with Gasteiger partial charge in [-0.1, -0.05) is 29.3 Å². The Morgan fingerprint density at radius 1 is 1.25 bits per heavy atom. The van der Waals surface area contributed by atoms with E-state index >= 15 is 0 Å². The molecule has 2 saturated heterocycles. The van der Waals surface area contributed by atoms with Gasteiger partial charge in [-0.15, -0.1) is 0 Å². The molecule has 0 bridgehead atoms. The summed E-state index contributed by atoms with van der Waals surface area (Å²) in [5.74, 6) is 0. The topological polar surface area (TPSA) is 6.48 Å². The van der Waals surface area contributed by atoms with E-state index in [4.69, 9.17) is 0 Å². The molecule has 3 rings (SSSR count). The summed E-state index contributed by atoms with van der Waals surface area (Å²) in [6, 6.07) is 8.16. The highest BCUT2D eigenvalue weighted by Crippen LogP contribution is 2.32. The highest BCUT2D eigenvalue weighted by molar-refractivity contribution is 9.10. The summed E-state index contributed by atoms with van der Waals surface area (Å²) in [4.78, 5) is 5.41. The maximum Gasteiger partial charge on any atom is 0.0415 e. The van der Waals surface area contributed by atoms with Crippen molar-refractivity contribution >= 4 is 21.6 Å². The fourth-order valence-corrected chi connectivity index (χ4v) is 4.31. The van der Waals surface area contributed by atoms with Crippen molar-refractivity contribution in [3.8, 4) is 0 Å². The molecule has 2 fully saturated rings. The van der Waals surface area contributed by atoms with Gasteiger partial charge in [0.25, 0.3) is 0 Å². The molecular weight excluding hydrogens is 312 g/mol. The molecule has 0 amide bonds. The van der Waals surface area contributed by atoms with Gasteiger partial charge in [0.15, 0.2) is 0 Å². The van der Waals surface area contributed by atoms with E-state index in [1.807, 2.05) is 0 Å². The van der Waals surface area contributed by atoms with Crippen LogP contribution in [0.25, 0.3) is 0 Å². The number of halogens is 1. The second kappa shape index (κ2) is 6.07. The lowest BCUT2D eigenvalue weighted by atomic mass is 9.95. The quantitative estimate of drug-likeness (QED) is 0.798. The molecule has 0 N–H and O–H groups in total. The van der Waals surface area contributed by atoms with Gasteiger partial charge in [0, 0.05) is 35.3 Å². The fraction of sp³-hybridized carbons (Fsp3) is 0.647. The van der Waals surface area contributed by atoms with Gasteiger partial charge in [-0.3, -0.25) is 4.90 Å². The summed E-state index contributed by atoms with van der Waals surface area (Å²) in [6.45, 7) is 8.34. The van der Waals surface area contributed by atoms with Gasteiger partial charge >= 0.3 is 0 Å². The van der Waals surface area contributed by atoms with Gasteiger partial charge in [-0.2, -0.15) is 0 Å². The van der Waals surface area contributed by atoms with E-state index in [1.54, 1.807) is 0 Å². The van der Waals surface area contributed by atoms with Crippen LogP contribution in [0.4, 0.5) is 5.69 Å². The maximum absolute atomic E-state index is 3.58. The van der Waals surface area contributed by atoms with Gasteiger partial charge in [-0.05, 0) is 56.5 Å². The molecule has 3 heteroatoms. The predicted molar refractivity (Wildman–Crippen MR) is 89.5 cm³/mol. The molecule has 2 aliphatic heterocycles. The first-order valence-corrected chi connectivity index (χ1v) is 8.75. The zero-order valence-corrected chi connectivity index (χ0v) is 14.2. The minimum absolute atomic E-state index is 0.671. The molecule has 0 aromatic heterocycles. The van der Waals surface area contributed by atoms with E-state index in [1.165, 1.54) is 61.0 Å². The molecule has 0 aliphatic carbocycles. The summed E-state index contributed by atoms with van der Waals surface area (Å²) >= 11 is 3.58. The summed E-state index contributed by atoms with van der Waals surface area (Å²) in [5.41, 5.74) is 2.83. The first-order valence-electron chi connectivity index (χ1n) is 7.96. The van der Waals surface area contributed by atoms with E-state index < -0.39 is 0 Å². The second-order valence-electron chi connectivity index (χ2n) is 6.29. The molecule has 2 aliphatic rings. The molecule has 2 heterocycles. The SMILES string of the molecule is CCC1CN2CCCCC2CN1c1ccc(Br)cc1C. The number of nitrogens with zero attached hydrogens (tertiary/aromatic N) is 2. The Morgan fingerprint density at radius 2 is 2.10 bits per heavy atom. The summed E-state index contributed by atoms with van der Waals surface area (Å²) < 4.78 is 1.18. The molecule has 0 spiro atoms. The Bertz CT molecular complexity index is 474. The van der Waals surface area contributed by atoms with Gasteiger partial charge < -0.3 is 4.90 Å². The second-order valence-corrected chi connectivity index (χ2v) is 7.21. The van der Waals surface area contributed by atoms with Crippen LogP contribution in [0.15, 0.2) is 22.7 Å². The smallest absolute Gasteiger partial charge is 0.0415 e. The van der Waals surface area contributed by atoms with E-state index in [-0.39, 0.29) is 0 Å². The summed E-state index contributed by atoms with van der Waals surface area (Å²) in [5, 5.41) is 0. The number of aryl methyl sites for hydroxylation is 1. The molecule has 2 atom stereocenters. The lowest BCUT2D eigenvalue weighted by Gasteiger charge is -2.49. The highest BCUT2D eigenvalue weighted by Gasteiger charge is 2.34. The largest absolute Gasteiger partial charge is 0.365 e. The van der Waals surface area contributed by atoms with Gasteiger partial charge in [0.2, 0.25) is 0 Å². The van der Waals surface area contributed by atoms with Crippen molar-refractivity contribution < 1.29 is 0 Å². The van der Waals surface area contributed by atoms with Gasteiger partial charge in [-0.25, -0.2) is 0 Å². The predicted octanol–water partition coefficient (Wildman–Crippen LogP) is 4.21. The van der Waals surface area contributed by atoms with E-state index in [9.17, 15) is 0 Å². The van der Waals surface area contributed by atoms with Crippen molar-refractivity contribution in [2.75, 3.05) is 24.5 Å². The number of piperidine rings is 1. The molecule has 2 nitrogen and oxygen atoms in total. The van der Waals surface area contributed by atoms with Gasteiger partial charge in [0.1, 0.15) is 0 Å². The lowest BCUT2D eigenvalue weighted by Crippen LogP contribution is -2.59. The Morgan fingerprint density at radius 3 is 2.85 bits per heavy atom. The molecule has 110 valence electrons. The number of benzene rings is 1. The van der Waals surface area contributed by atoms with Crippen molar-refractivity contribution in [3.63, 3.8) is 0 Å². The minimum atomic E-state index is 0.671. The van der Waals surface area contributed by atoms with E-state index in [2.05, 4.69) is 57.8 Å². The normalized spacial score (nSPS) is 27.4. The molecular formula is C17H25BrN2. The van der Waals surface area contributed by atoms with Crippen LogP contribution in [0.1, 0.15) is 38.2 Å². The van der Waals surface area contributed by atoms with Crippen molar-refractivity contribution in [1.29, 1.82) is 0 Å². The zero-order chi connectivity index (χ0) is 14.1. The van der Waals surface area contributed by atoms with Crippen molar-refractivity contribution in [2.45, 2.75) is 51.6 Å². The molecule has 20 heavy (non-hydrogen) atoms. The maximum atomic E-state index is 3.58. The third kappa shape index (κ3) is 2.75. The van der Waals surface area contributed by atoms with Crippen LogP contribution in [0.5, 0.6) is 0 Å². The van der Waals surface area contributed by atoms with Crippen LogP contribution in [-0.4, -0.2) is 36.6 Å². The Labute approximate surface area is 131 Å². The van der Waals surface area contributed by atoms with E-state index in [0.717, 1.165) is 6.04 Å². The molecule has 1 aromatic rings. The standard InChI is InChI=1S/C17H25BrN2/c1-3-15-11-19-9-5-4-6-16(19)12-20(15)17-8-7-14(18)10-13(17)2/h7-8,10,15-16H,3-6,9,11-12H2,1-2H3. The first-order chi connectivity index (χ1) is 9.69. The summed E-state index contributed by atoms with van der Waals surface area (Å²) in [7, 11) is 0. The number of rotatable bonds is 2. The van der Waals surface area contributed by atoms with Crippen LogP contribution < -0.4 is 4.90 Å². The van der Waals surface area contributed by atoms with Crippen LogP contribution >= 0.6 is 15.9 Å². The van der Waals surface area contributed by atoms with Crippen LogP contribution in [0, 0.1) is 6.92 Å². The van der Waals surface area contributed by atoms with Crippen molar-refractivity contribution in [1.82, 2.24) is 4.90 Å². The average Bonchev–Trinajstić information content (AvgIpc) is 2.46. The van der Waals surface area contributed by atoms with Crippen LogP contribution in [0.3, 0.4) is 0 Å². The van der Waals surface area contributed by atoms with Crippen molar-refractivity contribution in [2.24, 2.45) is 0 Å². The van der Waals surface area contributed by atoms with Crippen LogP contribution in [0.2, 0.25) is 0 Å². The first kappa shape index (κ1) is 14.4. The third-order valence-electron chi connectivity index (χ3n) is 4.98. The Kier molecular flexibility index (Phi) is 4.37. The molecule has 0 radical (unpaired) electrons. The van der Waals surface area contributed by atoms with Crippen molar-refractivity contribution in [3.05, 3.63) is 28.2 Å².